The van der Waals surface area contributed by atoms with Gasteiger partial charge in [0, 0.05) is 10.1 Å². The highest BCUT2D eigenvalue weighted by atomic mass is 127. The van der Waals surface area contributed by atoms with Crippen LogP contribution in [0.1, 0.15) is 11.8 Å². The van der Waals surface area contributed by atoms with Gasteiger partial charge in [-0.1, -0.05) is 12.1 Å². The number of nitrogens with one attached hydrogen (secondary N) is 1. The van der Waals surface area contributed by atoms with Gasteiger partial charge >= 0.3 is 7.82 Å². The molecule has 3 aromatic rings. The number of benzene rings is 1. The van der Waals surface area contributed by atoms with Crippen LogP contribution in [-0.4, -0.2) is 64.4 Å². The quantitative estimate of drug-likeness (QED) is 0.203. The zero-order valence-electron chi connectivity index (χ0n) is 15.8. The molecule has 4 rings (SSSR count). The van der Waals surface area contributed by atoms with E-state index >= 15 is 0 Å². The van der Waals surface area contributed by atoms with Gasteiger partial charge in [-0.05, 0) is 40.3 Å². The van der Waals surface area contributed by atoms with E-state index in [1.165, 1.54) is 17.2 Å². The van der Waals surface area contributed by atoms with Crippen molar-refractivity contribution < 1.29 is 33.8 Å². The van der Waals surface area contributed by atoms with Gasteiger partial charge < -0.3 is 30.1 Å². The van der Waals surface area contributed by atoms with Crippen molar-refractivity contribution in [2.24, 2.45) is 0 Å². The summed E-state index contributed by atoms with van der Waals surface area (Å²) >= 11 is 2.23. The Morgan fingerprint density at radius 3 is 2.77 bits per heavy atom. The molecule has 3 heterocycles. The Bertz CT molecular complexity index is 1130. The fourth-order valence-corrected chi connectivity index (χ4v) is 4.22. The zero-order chi connectivity index (χ0) is 22.2. The van der Waals surface area contributed by atoms with Gasteiger partial charge in [0.1, 0.15) is 24.6 Å². The second kappa shape index (κ2) is 9.03. The van der Waals surface area contributed by atoms with E-state index in [9.17, 15) is 14.8 Å². The molecule has 31 heavy (non-hydrogen) atoms. The number of hydrogen-bond donors (Lipinski definition) is 5. The van der Waals surface area contributed by atoms with E-state index in [-0.39, 0.29) is 0 Å². The molecule has 0 saturated carbocycles. The SMILES string of the molecule is O=P(O)(O)OC[C@H]1O[C@@H](n2cnc3c(NCc4cccc(I)c4)ncnc32)[C@H](O)[C@@H]1O. The lowest BCUT2D eigenvalue weighted by Gasteiger charge is -2.16. The highest BCUT2D eigenvalue weighted by Crippen LogP contribution is 2.39. The highest BCUT2D eigenvalue weighted by Gasteiger charge is 2.45. The number of aliphatic hydroxyl groups is 2. The topological polar surface area (TPSA) is 172 Å². The lowest BCUT2D eigenvalue weighted by molar-refractivity contribution is -0.0504. The Hall–Kier alpha value is -1.71. The van der Waals surface area contributed by atoms with Crippen molar-refractivity contribution in [1.82, 2.24) is 19.5 Å². The van der Waals surface area contributed by atoms with E-state index in [0.717, 1.165) is 9.13 Å². The molecule has 0 radical (unpaired) electrons. The van der Waals surface area contributed by atoms with Crippen LogP contribution in [0.5, 0.6) is 0 Å². The fourth-order valence-electron chi connectivity index (χ4n) is 3.27. The molecule has 1 saturated heterocycles. The monoisotopic (exact) mass is 563 g/mol. The average Bonchev–Trinajstić information content (AvgIpc) is 3.26. The Labute approximate surface area is 189 Å². The van der Waals surface area contributed by atoms with Gasteiger partial charge in [-0.2, -0.15) is 0 Å². The van der Waals surface area contributed by atoms with Gasteiger partial charge in [-0.3, -0.25) is 9.09 Å². The molecule has 5 N–H and O–H groups in total. The number of phosphoric ester groups is 1. The predicted octanol–water partition coefficient (Wildman–Crippen LogP) is 0.771. The summed E-state index contributed by atoms with van der Waals surface area (Å²) in [6.45, 7) is -0.0812. The van der Waals surface area contributed by atoms with Crippen molar-refractivity contribution in [2.75, 3.05) is 11.9 Å². The minimum absolute atomic E-state index is 0.355. The molecular weight excluding hydrogens is 544 g/mol. The third kappa shape index (κ3) is 5.04. The molecule has 1 aromatic carbocycles. The molecule has 12 nitrogen and oxygen atoms in total. The van der Waals surface area contributed by atoms with E-state index in [4.69, 9.17) is 14.5 Å². The van der Waals surface area contributed by atoms with E-state index in [1.807, 2.05) is 24.3 Å². The molecule has 0 amide bonds. The Kier molecular flexibility index (Phi) is 6.55. The van der Waals surface area contributed by atoms with E-state index in [0.29, 0.717) is 23.5 Å². The van der Waals surface area contributed by atoms with Crippen LogP contribution in [0.2, 0.25) is 0 Å². The molecule has 0 unspecified atom stereocenters. The number of nitrogens with zero attached hydrogens (tertiary/aromatic N) is 4. The summed E-state index contributed by atoms with van der Waals surface area (Å²) in [5.41, 5.74) is 1.85. The molecule has 0 spiro atoms. The minimum atomic E-state index is -4.75. The number of hydrogen-bond acceptors (Lipinski definition) is 9. The summed E-state index contributed by atoms with van der Waals surface area (Å²) in [4.78, 5) is 30.4. The van der Waals surface area contributed by atoms with Gasteiger partial charge in [0.15, 0.2) is 23.2 Å². The number of ether oxygens (including phenoxy) is 1. The third-order valence-electron chi connectivity index (χ3n) is 4.73. The van der Waals surface area contributed by atoms with E-state index in [2.05, 4.69) is 47.4 Å². The molecule has 1 aliphatic heterocycles. The van der Waals surface area contributed by atoms with Crippen LogP contribution in [0.3, 0.4) is 0 Å². The molecule has 0 bridgehead atoms. The number of rotatable bonds is 7. The summed E-state index contributed by atoms with van der Waals surface area (Å²) in [7, 11) is -4.75. The van der Waals surface area contributed by atoms with Gasteiger partial charge in [0.2, 0.25) is 0 Å². The van der Waals surface area contributed by atoms with Crippen LogP contribution in [0, 0.1) is 3.57 Å². The molecular formula is C17H19IN5O7P. The number of imidazole rings is 1. The second-order valence-electron chi connectivity index (χ2n) is 6.86. The molecule has 4 atom stereocenters. The van der Waals surface area contributed by atoms with Crippen molar-refractivity contribution in [3.63, 3.8) is 0 Å². The lowest BCUT2D eigenvalue weighted by atomic mass is 10.1. The molecule has 14 heteroatoms. The standard InChI is InChI=1S/C17H19IN5O7P/c18-10-3-1-2-9(4-10)5-19-15-12-16(21-7-20-15)23(8-22-12)17-14(25)13(24)11(30-17)6-29-31(26,27)28/h1-4,7-8,11,13-14,17,24-25H,5-6H2,(H,19,20,21)(H2,26,27,28)/t11-,13-,14-,17-/m1/s1. The van der Waals surface area contributed by atoms with E-state index < -0.39 is 39.0 Å². The maximum atomic E-state index is 10.9. The first-order valence-corrected chi connectivity index (χ1v) is 11.7. The Morgan fingerprint density at radius 1 is 1.23 bits per heavy atom. The third-order valence-corrected chi connectivity index (χ3v) is 5.88. The molecule has 1 aliphatic rings. The Balaban J connectivity index is 1.54. The smallest absolute Gasteiger partial charge is 0.387 e. The summed E-state index contributed by atoms with van der Waals surface area (Å²) in [5, 5.41) is 23.8. The maximum Gasteiger partial charge on any atom is 0.469 e. The first-order chi connectivity index (χ1) is 14.7. The largest absolute Gasteiger partial charge is 0.469 e. The molecule has 2 aromatic heterocycles. The van der Waals surface area contributed by atoms with Gasteiger partial charge in [0.25, 0.3) is 0 Å². The lowest BCUT2D eigenvalue weighted by Crippen LogP contribution is -2.33. The van der Waals surface area contributed by atoms with Crippen molar-refractivity contribution in [1.29, 1.82) is 0 Å². The first kappa shape index (κ1) is 22.5. The van der Waals surface area contributed by atoms with Crippen LogP contribution in [-0.2, 0) is 20.4 Å². The van der Waals surface area contributed by atoms with Gasteiger partial charge in [-0.25, -0.2) is 19.5 Å². The van der Waals surface area contributed by atoms with Crippen LogP contribution in [0.15, 0.2) is 36.9 Å². The van der Waals surface area contributed by atoms with Crippen LogP contribution < -0.4 is 5.32 Å². The maximum absolute atomic E-state index is 10.9. The first-order valence-electron chi connectivity index (χ1n) is 9.10. The summed E-state index contributed by atoms with van der Waals surface area (Å²) in [6.07, 6.45) is -2.31. The number of fused-ring (bicyclic) bond motifs is 1. The molecule has 0 aliphatic carbocycles. The van der Waals surface area contributed by atoms with Crippen molar-refractivity contribution in [2.45, 2.75) is 31.1 Å². The molecule has 166 valence electrons. The number of halogens is 1. The number of phosphoric acid groups is 1. The number of anilines is 1. The van der Waals surface area contributed by atoms with Crippen LogP contribution >= 0.6 is 30.4 Å². The molecule has 1 fully saturated rings. The fraction of sp³-hybridized carbons (Fsp3) is 0.353. The normalized spacial score (nSPS) is 24.0. The number of aromatic nitrogens is 4. The van der Waals surface area contributed by atoms with Crippen LogP contribution in [0.4, 0.5) is 5.82 Å². The highest BCUT2D eigenvalue weighted by molar-refractivity contribution is 14.1. The summed E-state index contributed by atoms with van der Waals surface area (Å²) in [6, 6.07) is 7.97. The van der Waals surface area contributed by atoms with Crippen molar-refractivity contribution in [3.05, 3.63) is 46.1 Å². The summed E-state index contributed by atoms with van der Waals surface area (Å²) in [5.74, 6) is 0.483. The Morgan fingerprint density at radius 2 is 2.03 bits per heavy atom. The van der Waals surface area contributed by atoms with Crippen molar-refractivity contribution in [3.8, 4) is 0 Å². The predicted molar refractivity (Wildman–Crippen MR) is 116 cm³/mol. The zero-order valence-corrected chi connectivity index (χ0v) is 18.9. The van der Waals surface area contributed by atoms with E-state index in [1.54, 1.807) is 0 Å². The minimum Gasteiger partial charge on any atom is -0.387 e. The summed E-state index contributed by atoms with van der Waals surface area (Å²) < 4.78 is 23.4. The van der Waals surface area contributed by atoms with Gasteiger partial charge in [0.05, 0.1) is 12.9 Å². The van der Waals surface area contributed by atoms with Crippen molar-refractivity contribution >= 4 is 47.4 Å². The number of aliphatic hydroxyl groups excluding tert-OH is 2. The average molecular weight is 563 g/mol. The second-order valence-corrected chi connectivity index (χ2v) is 9.35. The van der Waals surface area contributed by atoms with Gasteiger partial charge in [-0.15, -0.1) is 0 Å². The van der Waals surface area contributed by atoms with Crippen LogP contribution in [0.25, 0.3) is 11.2 Å².